The molecule has 1 nitrogen and oxygen atoms in total. The monoisotopic (exact) mass is 213 g/mol. The average Bonchev–Trinajstić information content (AvgIpc) is 2.01. The van der Waals surface area contributed by atoms with Crippen LogP contribution in [0.2, 0.25) is 5.02 Å². The van der Waals surface area contributed by atoms with Crippen molar-refractivity contribution >= 4 is 11.6 Å². The number of alkyl halides is 1. The number of benzene rings is 1. The van der Waals surface area contributed by atoms with Crippen molar-refractivity contribution in [1.29, 1.82) is 0 Å². The van der Waals surface area contributed by atoms with Crippen LogP contribution in [0.25, 0.3) is 0 Å². The third kappa shape index (κ3) is 1.64. The molecule has 0 unspecified atom stereocenters. The molecule has 14 heavy (non-hydrogen) atoms. The molecule has 2 rings (SSSR count). The molecule has 0 atom stereocenters. The summed E-state index contributed by atoms with van der Waals surface area (Å²) in [6.07, 6.45) is 0.781. The Labute approximate surface area is 88.1 Å². The zero-order chi connectivity index (χ0) is 10.4. The Morgan fingerprint density at radius 3 is 2.21 bits per heavy atom. The topological polar surface area (TPSA) is 26.0 Å². The van der Waals surface area contributed by atoms with E-state index < -0.39 is 11.2 Å². The molecule has 1 aromatic rings. The molecule has 1 saturated carbocycles. The van der Waals surface area contributed by atoms with Gasteiger partial charge in [0.05, 0.1) is 0 Å². The van der Waals surface area contributed by atoms with Crippen molar-refractivity contribution in [2.24, 2.45) is 5.73 Å². The van der Waals surface area contributed by atoms with Gasteiger partial charge < -0.3 is 5.73 Å². The van der Waals surface area contributed by atoms with Crippen LogP contribution in [0.3, 0.4) is 0 Å². The second-order valence-electron chi connectivity index (χ2n) is 4.43. The zero-order valence-electron chi connectivity index (χ0n) is 8.06. The van der Waals surface area contributed by atoms with E-state index in [4.69, 9.17) is 17.3 Å². The zero-order valence-corrected chi connectivity index (χ0v) is 8.81. The van der Waals surface area contributed by atoms with Crippen LogP contribution in [0, 0.1) is 0 Å². The molecule has 0 spiro atoms. The molecule has 3 heteroatoms. The maximum absolute atomic E-state index is 13.4. The van der Waals surface area contributed by atoms with Crippen molar-refractivity contribution in [3.8, 4) is 0 Å². The third-order valence-electron chi connectivity index (χ3n) is 2.79. The second kappa shape index (κ2) is 2.94. The van der Waals surface area contributed by atoms with Gasteiger partial charge in [-0.25, -0.2) is 4.39 Å². The van der Waals surface area contributed by atoms with Crippen LogP contribution in [-0.2, 0) is 5.54 Å². The van der Waals surface area contributed by atoms with Gasteiger partial charge in [-0.1, -0.05) is 23.7 Å². The molecule has 0 heterocycles. The molecule has 1 fully saturated rings. The summed E-state index contributed by atoms with van der Waals surface area (Å²) in [7, 11) is 0. The van der Waals surface area contributed by atoms with Gasteiger partial charge in [-0.3, -0.25) is 0 Å². The first-order valence-electron chi connectivity index (χ1n) is 4.65. The van der Waals surface area contributed by atoms with Gasteiger partial charge >= 0.3 is 0 Å². The SMILES string of the molecule is CC1(F)CC(N)(c2ccc(Cl)cc2)C1. The fraction of sp³-hybridized carbons (Fsp3) is 0.455. The van der Waals surface area contributed by atoms with E-state index in [0.717, 1.165) is 5.56 Å². The van der Waals surface area contributed by atoms with Crippen molar-refractivity contribution in [2.75, 3.05) is 0 Å². The van der Waals surface area contributed by atoms with E-state index in [2.05, 4.69) is 0 Å². The molecule has 1 aromatic carbocycles. The van der Waals surface area contributed by atoms with Crippen LogP contribution >= 0.6 is 11.6 Å². The van der Waals surface area contributed by atoms with E-state index in [1.807, 2.05) is 12.1 Å². The van der Waals surface area contributed by atoms with Gasteiger partial charge in [0.1, 0.15) is 5.67 Å². The Balaban J connectivity index is 2.21. The van der Waals surface area contributed by atoms with Crippen molar-refractivity contribution in [1.82, 2.24) is 0 Å². The molecular weight excluding hydrogens is 201 g/mol. The molecule has 1 aliphatic carbocycles. The molecule has 0 radical (unpaired) electrons. The maximum atomic E-state index is 13.4. The minimum absolute atomic E-state index is 0.391. The average molecular weight is 214 g/mol. The van der Waals surface area contributed by atoms with Gasteiger partial charge in [0.15, 0.2) is 0 Å². The summed E-state index contributed by atoms with van der Waals surface area (Å²) in [6, 6.07) is 7.33. The molecular formula is C11H13ClFN. The Morgan fingerprint density at radius 1 is 1.29 bits per heavy atom. The molecule has 1 aliphatic rings. The first kappa shape index (κ1) is 9.94. The third-order valence-corrected chi connectivity index (χ3v) is 3.04. The minimum atomic E-state index is -1.10. The number of halogens is 2. The van der Waals surface area contributed by atoms with E-state index in [0.29, 0.717) is 17.9 Å². The van der Waals surface area contributed by atoms with E-state index in [-0.39, 0.29) is 0 Å². The highest BCUT2D eigenvalue weighted by molar-refractivity contribution is 6.30. The lowest BCUT2D eigenvalue weighted by atomic mass is 9.64. The van der Waals surface area contributed by atoms with Crippen molar-refractivity contribution in [2.45, 2.75) is 31.0 Å². The Bertz CT molecular complexity index is 337. The smallest absolute Gasteiger partial charge is 0.112 e. The van der Waals surface area contributed by atoms with E-state index in [1.165, 1.54) is 0 Å². The second-order valence-corrected chi connectivity index (χ2v) is 4.87. The van der Waals surface area contributed by atoms with Gasteiger partial charge in [0, 0.05) is 23.4 Å². The molecule has 0 amide bonds. The highest BCUT2D eigenvalue weighted by atomic mass is 35.5. The Hall–Kier alpha value is -0.600. The lowest BCUT2D eigenvalue weighted by Crippen LogP contribution is -2.56. The fourth-order valence-corrected chi connectivity index (χ4v) is 2.38. The summed E-state index contributed by atoms with van der Waals surface area (Å²) >= 11 is 5.76. The highest BCUT2D eigenvalue weighted by Crippen LogP contribution is 2.48. The maximum Gasteiger partial charge on any atom is 0.112 e. The molecule has 0 aliphatic heterocycles. The molecule has 2 N–H and O–H groups in total. The number of hydrogen-bond donors (Lipinski definition) is 1. The van der Waals surface area contributed by atoms with Gasteiger partial charge in [-0.15, -0.1) is 0 Å². The lowest BCUT2D eigenvalue weighted by Gasteiger charge is -2.48. The van der Waals surface area contributed by atoms with Gasteiger partial charge in [0.2, 0.25) is 0 Å². The van der Waals surface area contributed by atoms with Crippen LogP contribution in [0.5, 0.6) is 0 Å². The number of nitrogens with two attached hydrogens (primary N) is 1. The lowest BCUT2D eigenvalue weighted by molar-refractivity contribution is 0.00132. The molecule has 0 aromatic heterocycles. The van der Waals surface area contributed by atoms with Gasteiger partial charge in [-0.05, 0) is 24.6 Å². The fourth-order valence-electron chi connectivity index (χ4n) is 2.25. The standard InChI is InChI=1S/C11H13ClFN/c1-10(13)6-11(14,7-10)8-2-4-9(12)5-3-8/h2-5H,6-7,14H2,1H3. The van der Waals surface area contributed by atoms with E-state index in [9.17, 15) is 4.39 Å². The number of rotatable bonds is 1. The summed E-state index contributed by atoms with van der Waals surface area (Å²) in [5.41, 5.74) is 5.44. The van der Waals surface area contributed by atoms with Crippen molar-refractivity contribution in [3.63, 3.8) is 0 Å². The quantitative estimate of drug-likeness (QED) is 0.763. The van der Waals surface area contributed by atoms with Crippen LogP contribution < -0.4 is 5.73 Å². The predicted molar refractivity (Wildman–Crippen MR) is 56.1 cm³/mol. The highest BCUT2D eigenvalue weighted by Gasteiger charge is 2.50. The summed E-state index contributed by atoms with van der Waals surface area (Å²) < 4.78 is 13.4. The van der Waals surface area contributed by atoms with Crippen LogP contribution in [-0.4, -0.2) is 5.67 Å². The largest absolute Gasteiger partial charge is 0.321 e. The Kier molecular flexibility index (Phi) is 2.09. The molecule has 0 bridgehead atoms. The summed E-state index contributed by atoms with van der Waals surface area (Å²) in [5, 5.41) is 0.680. The van der Waals surface area contributed by atoms with Crippen LogP contribution in [0.1, 0.15) is 25.3 Å². The normalized spacial score (nSPS) is 36.6. The minimum Gasteiger partial charge on any atom is -0.321 e. The first-order valence-corrected chi connectivity index (χ1v) is 5.03. The van der Waals surface area contributed by atoms with Gasteiger partial charge in [0.25, 0.3) is 0 Å². The molecule has 76 valence electrons. The number of hydrogen-bond acceptors (Lipinski definition) is 1. The summed E-state index contributed by atoms with van der Waals surface area (Å²) in [5.74, 6) is 0. The predicted octanol–water partition coefficient (Wildman–Crippen LogP) is 3.02. The van der Waals surface area contributed by atoms with E-state index >= 15 is 0 Å². The Morgan fingerprint density at radius 2 is 1.79 bits per heavy atom. The van der Waals surface area contributed by atoms with Crippen LogP contribution in [0.15, 0.2) is 24.3 Å². The summed E-state index contributed by atoms with van der Waals surface area (Å²) in [4.78, 5) is 0. The van der Waals surface area contributed by atoms with Gasteiger partial charge in [-0.2, -0.15) is 0 Å². The van der Waals surface area contributed by atoms with Crippen LogP contribution in [0.4, 0.5) is 4.39 Å². The van der Waals surface area contributed by atoms with E-state index in [1.54, 1.807) is 19.1 Å². The van der Waals surface area contributed by atoms with Crippen molar-refractivity contribution in [3.05, 3.63) is 34.9 Å². The molecule has 0 saturated heterocycles. The van der Waals surface area contributed by atoms with Crippen molar-refractivity contribution < 1.29 is 4.39 Å². The summed E-state index contributed by atoms with van der Waals surface area (Å²) in [6.45, 7) is 1.59. The first-order chi connectivity index (χ1) is 6.41.